The first-order chi connectivity index (χ1) is 12.1. The molecule has 25 heavy (non-hydrogen) atoms. The van der Waals surface area contributed by atoms with Crippen LogP contribution in [0.25, 0.3) is 16.6 Å². The van der Waals surface area contributed by atoms with E-state index in [9.17, 15) is 4.79 Å². The van der Waals surface area contributed by atoms with Crippen molar-refractivity contribution < 1.29 is 0 Å². The van der Waals surface area contributed by atoms with Crippen LogP contribution in [-0.2, 0) is 6.54 Å². The molecule has 0 aliphatic carbocycles. The third-order valence-corrected chi connectivity index (χ3v) is 4.19. The topological polar surface area (TPSA) is 65.6 Å². The lowest BCUT2D eigenvalue weighted by molar-refractivity contribution is 0.624. The van der Waals surface area contributed by atoms with E-state index < -0.39 is 0 Å². The average molecular weight is 352 g/mol. The van der Waals surface area contributed by atoms with E-state index in [4.69, 9.17) is 11.6 Å². The van der Waals surface area contributed by atoms with Gasteiger partial charge in [0.15, 0.2) is 0 Å². The SMILES string of the molecule is Cc1nn(Cc2ccccn2)c(=O)c2c1cnn2-c1cccc(Cl)c1. The molecule has 0 aliphatic heterocycles. The minimum atomic E-state index is -0.219. The molecule has 4 rings (SSSR count). The fraction of sp³-hybridized carbons (Fsp3) is 0.111. The number of hydrogen-bond acceptors (Lipinski definition) is 4. The van der Waals surface area contributed by atoms with E-state index in [0.717, 1.165) is 22.5 Å². The maximum Gasteiger partial charge on any atom is 0.293 e. The zero-order valence-electron chi connectivity index (χ0n) is 13.4. The molecule has 0 saturated carbocycles. The van der Waals surface area contributed by atoms with E-state index in [2.05, 4.69) is 15.2 Å². The first-order valence-corrected chi connectivity index (χ1v) is 8.12. The minimum absolute atomic E-state index is 0.219. The van der Waals surface area contributed by atoms with Crippen molar-refractivity contribution in [2.24, 2.45) is 0 Å². The summed E-state index contributed by atoms with van der Waals surface area (Å²) in [6, 6.07) is 12.8. The zero-order chi connectivity index (χ0) is 17.4. The second kappa shape index (κ2) is 6.14. The van der Waals surface area contributed by atoms with Crippen molar-refractivity contribution in [3.8, 4) is 5.69 Å². The molecule has 0 atom stereocenters. The molecule has 0 N–H and O–H groups in total. The predicted octanol–water partition coefficient (Wildman–Crippen LogP) is 2.99. The second-order valence-electron chi connectivity index (χ2n) is 5.67. The number of pyridine rings is 1. The molecular formula is C18H14ClN5O. The van der Waals surface area contributed by atoms with Crippen LogP contribution in [0.1, 0.15) is 11.4 Å². The predicted molar refractivity (Wildman–Crippen MR) is 96.2 cm³/mol. The quantitative estimate of drug-likeness (QED) is 0.569. The van der Waals surface area contributed by atoms with Gasteiger partial charge in [-0.05, 0) is 37.3 Å². The lowest BCUT2D eigenvalue weighted by Crippen LogP contribution is -2.26. The van der Waals surface area contributed by atoms with Gasteiger partial charge in [0.25, 0.3) is 5.56 Å². The van der Waals surface area contributed by atoms with Crippen LogP contribution in [0.5, 0.6) is 0 Å². The normalized spacial score (nSPS) is 11.1. The van der Waals surface area contributed by atoms with Gasteiger partial charge in [0, 0.05) is 16.6 Å². The molecule has 3 aromatic heterocycles. The van der Waals surface area contributed by atoms with Gasteiger partial charge in [-0.25, -0.2) is 9.36 Å². The highest BCUT2D eigenvalue weighted by molar-refractivity contribution is 6.30. The van der Waals surface area contributed by atoms with Gasteiger partial charge >= 0.3 is 0 Å². The maximum atomic E-state index is 13.0. The van der Waals surface area contributed by atoms with Crippen LogP contribution in [0.15, 0.2) is 59.7 Å². The number of rotatable bonds is 3. The third-order valence-electron chi connectivity index (χ3n) is 3.96. The number of hydrogen-bond donors (Lipinski definition) is 0. The van der Waals surface area contributed by atoms with Crippen LogP contribution in [-0.4, -0.2) is 24.5 Å². The molecule has 1 aromatic carbocycles. The van der Waals surface area contributed by atoms with Crippen molar-refractivity contribution in [2.45, 2.75) is 13.5 Å². The lowest BCUT2D eigenvalue weighted by Gasteiger charge is -2.08. The molecule has 0 amide bonds. The van der Waals surface area contributed by atoms with Crippen LogP contribution in [0, 0.1) is 6.92 Å². The van der Waals surface area contributed by atoms with Crippen LogP contribution >= 0.6 is 11.6 Å². The van der Waals surface area contributed by atoms with Crippen LogP contribution < -0.4 is 5.56 Å². The molecule has 4 aromatic rings. The zero-order valence-corrected chi connectivity index (χ0v) is 14.2. The largest absolute Gasteiger partial charge is 0.293 e. The van der Waals surface area contributed by atoms with Crippen LogP contribution in [0.3, 0.4) is 0 Å². The van der Waals surface area contributed by atoms with E-state index in [-0.39, 0.29) is 5.56 Å². The summed E-state index contributed by atoms with van der Waals surface area (Å²) in [5, 5.41) is 10.1. The molecule has 3 heterocycles. The highest BCUT2D eigenvalue weighted by Gasteiger charge is 2.15. The minimum Gasteiger partial charge on any atom is -0.265 e. The molecule has 7 heteroatoms. The van der Waals surface area contributed by atoms with Crippen molar-refractivity contribution in [1.29, 1.82) is 0 Å². The Kier molecular flexibility index (Phi) is 3.82. The number of aryl methyl sites for hydroxylation is 1. The summed E-state index contributed by atoms with van der Waals surface area (Å²) in [5.74, 6) is 0. The fourth-order valence-corrected chi connectivity index (χ4v) is 2.96. The standard InChI is InChI=1S/C18H14ClN5O/c1-12-16-10-21-24(15-7-4-5-13(19)9-15)17(16)18(25)23(22-12)11-14-6-2-3-8-20-14/h2-10H,11H2,1H3. The summed E-state index contributed by atoms with van der Waals surface area (Å²) >= 11 is 6.08. The van der Waals surface area contributed by atoms with Gasteiger partial charge in [0.05, 0.1) is 29.8 Å². The van der Waals surface area contributed by atoms with Gasteiger partial charge in [0.1, 0.15) is 5.52 Å². The monoisotopic (exact) mass is 351 g/mol. The van der Waals surface area contributed by atoms with Crippen molar-refractivity contribution >= 4 is 22.5 Å². The van der Waals surface area contributed by atoms with Gasteiger partial charge < -0.3 is 0 Å². The highest BCUT2D eigenvalue weighted by Crippen LogP contribution is 2.19. The van der Waals surface area contributed by atoms with E-state index in [1.807, 2.05) is 37.3 Å². The number of fused-ring (bicyclic) bond motifs is 1. The van der Waals surface area contributed by atoms with Gasteiger partial charge in [-0.3, -0.25) is 9.78 Å². The number of nitrogens with zero attached hydrogens (tertiary/aromatic N) is 5. The molecule has 0 saturated heterocycles. The Balaban J connectivity index is 1.92. The van der Waals surface area contributed by atoms with Crippen molar-refractivity contribution in [1.82, 2.24) is 24.5 Å². The summed E-state index contributed by atoms with van der Waals surface area (Å²) in [7, 11) is 0. The second-order valence-corrected chi connectivity index (χ2v) is 6.10. The van der Waals surface area contributed by atoms with Crippen molar-refractivity contribution in [3.63, 3.8) is 0 Å². The summed E-state index contributed by atoms with van der Waals surface area (Å²) in [4.78, 5) is 17.3. The summed E-state index contributed by atoms with van der Waals surface area (Å²) < 4.78 is 3.02. The molecule has 124 valence electrons. The van der Waals surface area contributed by atoms with Gasteiger partial charge in [-0.2, -0.15) is 10.2 Å². The number of benzene rings is 1. The molecule has 0 spiro atoms. The lowest BCUT2D eigenvalue weighted by atomic mass is 10.2. The Morgan fingerprint density at radius 3 is 2.80 bits per heavy atom. The van der Waals surface area contributed by atoms with Gasteiger partial charge in [-0.15, -0.1) is 0 Å². The summed E-state index contributed by atoms with van der Waals surface area (Å²) in [6.07, 6.45) is 3.35. The van der Waals surface area contributed by atoms with Crippen molar-refractivity contribution in [3.05, 3.63) is 81.6 Å². The van der Waals surface area contributed by atoms with Crippen LogP contribution in [0.4, 0.5) is 0 Å². The Morgan fingerprint density at radius 2 is 2.04 bits per heavy atom. The molecule has 0 unspecified atom stereocenters. The van der Waals surface area contributed by atoms with E-state index in [1.54, 1.807) is 29.2 Å². The van der Waals surface area contributed by atoms with E-state index >= 15 is 0 Å². The average Bonchev–Trinajstić information content (AvgIpc) is 3.06. The first kappa shape index (κ1) is 15.5. The molecular weight excluding hydrogens is 338 g/mol. The number of halogens is 1. The molecule has 0 aliphatic rings. The first-order valence-electron chi connectivity index (χ1n) is 7.75. The highest BCUT2D eigenvalue weighted by atomic mass is 35.5. The number of aromatic nitrogens is 5. The van der Waals surface area contributed by atoms with E-state index in [1.165, 1.54) is 4.68 Å². The van der Waals surface area contributed by atoms with E-state index in [0.29, 0.717) is 17.1 Å². The third kappa shape index (κ3) is 2.81. The maximum absolute atomic E-state index is 13.0. The summed E-state index contributed by atoms with van der Waals surface area (Å²) in [6.45, 7) is 2.16. The summed E-state index contributed by atoms with van der Waals surface area (Å²) in [5.41, 5.74) is 2.49. The Hall–Kier alpha value is -2.99. The fourth-order valence-electron chi connectivity index (χ4n) is 2.78. The van der Waals surface area contributed by atoms with Crippen LogP contribution in [0.2, 0.25) is 5.02 Å². The smallest absolute Gasteiger partial charge is 0.265 e. The van der Waals surface area contributed by atoms with Crippen molar-refractivity contribution in [2.75, 3.05) is 0 Å². The van der Waals surface area contributed by atoms with Gasteiger partial charge in [-0.1, -0.05) is 23.7 Å². The molecule has 6 nitrogen and oxygen atoms in total. The van der Waals surface area contributed by atoms with Gasteiger partial charge in [0.2, 0.25) is 0 Å². The Bertz CT molecular complexity index is 1120. The molecule has 0 fully saturated rings. The Labute approximate surface area is 148 Å². The molecule has 0 radical (unpaired) electrons. The Morgan fingerprint density at radius 1 is 1.16 bits per heavy atom. The molecule has 0 bridgehead atoms.